The van der Waals surface area contributed by atoms with Gasteiger partial charge < -0.3 is 20.8 Å². The predicted molar refractivity (Wildman–Crippen MR) is 136 cm³/mol. The van der Waals surface area contributed by atoms with Gasteiger partial charge in [0.2, 0.25) is 0 Å². The summed E-state index contributed by atoms with van der Waals surface area (Å²) >= 11 is 0. The second-order valence-corrected chi connectivity index (χ2v) is 8.44. The Bertz CT molecular complexity index is 1390. The van der Waals surface area contributed by atoms with Crippen molar-refractivity contribution >= 4 is 54.9 Å². The molecule has 0 aliphatic rings. The quantitative estimate of drug-likeness (QED) is 0.162. The van der Waals surface area contributed by atoms with Gasteiger partial charge in [-0.05, 0) is 68.1 Å². The molecule has 4 N–H and O–H groups in total. The van der Waals surface area contributed by atoms with E-state index in [-0.39, 0.29) is 25.0 Å². The van der Waals surface area contributed by atoms with Crippen molar-refractivity contribution < 1.29 is 19.8 Å². The molecule has 172 valence electrons. The maximum atomic E-state index is 12.9. The number of hydrogen-bond donors (Lipinski definition) is 4. The molecule has 0 aromatic heterocycles. The van der Waals surface area contributed by atoms with Gasteiger partial charge in [-0.3, -0.25) is 9.59 Å². The fourth-order valence-electron chi connectivity index (χ4n) is 4.86. The van der Waals surface area contributed by atoms with E-state index in [9.17, 15) is 9.59 Å². The van der Waals surface area contributed by atoms with Crippen molar-refractivity contribution in [2.75, 3.05) is 26.3 Å². The molecule has 0 unspecified atom stereocenters. The van der Waals surface area contributed by atoms with Crippen LogP contribution in [-0.2, 0) is 0 Å². The van der Waals surface area contributed by atoms with Gasteiger partial charge in [0.05, 0.1) is 0 Å². The third-order valence-electron chi connectivity index (χ3n) is 6.39. The number of nitrogens with one attached hydrogen (secondary N) is 2. The molecular formula is C28H26N2O4. The highest BCUT2D eigenvalue weighted by molar-refractivity contribution is 6.35. The Hall–Kier alpha value is -3.74. The molecule has 2 amide bonds. The molecule has 0 aliphatic heterocycles. The van der Waals surface area contributed by atoms with Gasteiger partial charge in [0.15, 0.2) is 0 Å². The average Bonchev–Trinajstić information content (AvgIpc) is 2.86. The van der Waals surface area contributed by atoms with Crippen molar-refractivity contribution in [3.63, 3.8) is 0 Å². The predicted octanol–water partition coefficient (Wildman–Crippen LogP) is 3.96. The molecule has 34 heavy (non-hydrogen) atoms. The lowest BCUT2D eigenvalue weighted by atomic mass is 9.87. The third kappa shape index (κ3) is 3.61. The maximum absolute atomic E-state index is 12.9. The highest BCUT2D eigenvalue weighted by atomic mass is 16.3. The van der Waals surface area contributed by atoms with Crippen LogP contribution in [0.15, 0.2) is 60.7 Å². The summed E-state index contributed by atoms with van der Waals surface area (Å²) in [6, 6.07) is 19.7. The summed E-state index contributed by atoms with van der Waals surface area (Å²) in [5.41, 5.74) is 1.21. The molecule has 0 saturated carbocycles. The van der Waals surface area contributed by atoms with Crippen LogP contribution in [0.25, 0.3) is 43.1 Å². The van der Waals surface area contributed by atoms with Crippen molar-refractivity contribution in [2.45, 2.75) is 12.8 Å². The van der Waals surface area contributed by atoms with Crippen molar-refractivity contribution in [2.24, 2.45) is 0 Å². The molecule has 0 atom stereocenters. The molecule has 0 aliphatic carbocycles. The molecule has 0 fully saturated rings. The van der Waals surface area contributed by atoms with E-state index in [4.69, 9.17) is 10.2 Å². The number of carbonyl (C=O) groups is 2. The Morgan fingerprint density at radius 1 is 0.559 bits per heavy atom. The van der Waals surface area contributed by atoms with Gasteiger partial charge in [-0.25, -0.2) is 0 Å². The topological polar surface area (TPSA) is 98.7 Å². The van der Waals surface area contributed by atoms with E-state index in [2.05, 4.69) is 22.8 Å². The second kappa shape index (κ2) is 9.25. The first-order valence-corrected chi connectivity index (χ1v) is 11.6. The van der Waals surface area contributed by atoms with E-state index in [1.165, 1.54) is 0 Å². The second-order valence-electron chi connectivity index (χ2n) is 8.44. The van der Waals surface area contributed by atoms with E-state index in [0.29, 0.717) is 37.1 Å². The first kappa shape index (κ1) is 22.1. The summed E-state index contributed by atoms with van der Waals surface area (Å²) in [5, 5.41) is 31.8. The number of benzene rings is 5. The van der Waals surface area contributed by atoms with Gasteiger partial charge in [0.25, 0.3) is 11.8 Å². The van der Waals surface area contributed by atoms with Crippen LogP contribution >= 0.6 is 0 Å². The zero-order valence-electron chi connectivity index (χ0n) is 18.7. The Morgan fingerprint density at radius 2 is 0.941 bits per heavy atom. The van der Waals surface area contributed by atoms with Crippen molar-refractivity contribution in [1.29, 1.82) is 0 Å². The van der Waals surface area contributed by atoms with Gasteiger partial charge in [-0.15, -0.1) is 0 Å². The molecule has 5 aromatic carbocycles. The summed E-state index contributed by atoms with van der Waals surface area (Å²) in [5.74, 6) is -0.313. The minimum absolute atomic E-state index is 0.0341. The van der Waals surface area contributed by atoms with Crippen molar-refractivity contribution in [3.8, 4) is 0 Å². The van der Waals surface area contributed by atoms with Gasteiger partial charge in [0.1, 0.15) is 0 Å². The maximum Gasteiger partial charge on any atom is 0.251 e. The molecule has 0 bridgehead atoms. The zero-order valence-corrected chi connectivity index (χ0v) is 18.7. The monoisotopic (exact) mass is 454 g/mol. The summed E-state index contributed by atoms with van der Waals surface area (Å²) < 4.78 is 0. The minimum Gasteiger partial charge on any atom is -0.396 e. The van der Waals surface area contributed by atoms with E-state index < -0.39 is 0 Å². The number of carbonyl (C=O) groups excluding carboxylic acids is 2. The Morgan fingerprint density at radius 3 is 1.35 bits per heavy atom. The summed E-state index contributed by atoms with van der Waals surface area (Å²) in [6.07, 6.45) is 1.02. The fraction of sp³-hybridized carbons (Fsp3) is 0.214. The van der Waals surface area contributed by atoms with Crippen LogP contribution in [0, 0.1) is 0 Å². The molecule has 5 aromatic rings. The van der Waals surface area contributed by atoms with E-state index in [0.717, 1.165) is 43.1 Å². The summed E-state index contributed by atoms with van der Waals surface area (Å²) in [7, 11) is 0. The van der Waals surface area contributed by atoms with Crippen LogP contribution in [-0.4, -0.2) is 48.3 Å². The van der Waals surface area contributed by atoms with Crippen LogP contribution < -0.4 is 10.6 Å². The minimum atomic E-state index is -0.156. The average molecular weight is 455 g/mol. The largest absolute Gasteiger partial charge is 0.396 e. The molecule has 5 rings (SSSR count). The lowest BCUT2D eigenvalue weighted by Gasteiger charge is -2.17. The van der Waals surface area contributed by atoms with Gasteiger partial charge >= 0.3 is 0 Å². The van der Waals surface area contributed by atoms with Crippen molar-refractivity contribution in [3.05, 3.63) is 71.8 Å². The molecule has 6 heteroatoms. The molecule has 0 radical (unpaired) electrons. The first-order valence-electron chi connectivity index (χ1n) is 11.6. The van der Waals surface area contributed by atoms with Crippen LogP contribution in [0.1, 0.15) is 33.6 Å². The lowest BCUT2D eigenvalue weighted by molar-refractivity contribution is 0.0944. The molecule has 0 spiro atoms. The smallest absolute Gasteiger partial charge is 0.251 e. The fourth-order valence-corrected chi connectivity index (χ4v) is 4.86. The zero-order chi connectivity index (χ0) is 23.7. The van der Waals surface area contributed by atoms with Crippen LogP contribution in [0.2, 0.25) is 0 Å². The number of fused-ring (bicyclic) bond motifs is 2. The molecule has 6 nitrogen and oxygen atoms in total. The van der Waals surface area contributed by atoms with Gasteiger partial charge in [-0.1, -0.05) is 48.5 Å². The van der Waals surface area contributed by atoms with Crippen LogP contribution in [0.5, 0.6) is 0 Å². The highest BCUT2D eigenvalue weighted by Crippen LogP contribution is 2.41. The Balaban J connectivity index is 1.73. The Kier molecular flexibility index (Phi) is 6.01. The van der Waals surface area contributed by atoms with Crippen LogP contribution in [0.3, 0.4) is 0 Å². The summed E-state index contributed by atoms with van der Waals surface area (Å²) in [6.45, 7) is 0.909. The van der Waals surface area contributed by atoms with Gasteiger partial charge in [0, 0.05) is 37.4 Å². The number of aliphatic hydroxyl groups excluding tert-OH is 2. The summed E-state index contributed by atoms with van der Waals surface area (Å²) in [4.78, 5) is 25.7. The number of rotatable bonds is 8. The van der Waals surface area contributed by atoms with Crippen molar-refractivity contribution in [1.82, 2.24) is 10.6 Å². The third-order valence-corrected chi connectivity index (χ3v) is 6.39. The lowest BCUT2D eigenvalue weighted by Crippen LogP contribution is -2.25. The highest BCUT2D eigenvalue weighted by Gasteiger charge is 2.19. The Labute approximate surface area is 196 Å². The van der Waals surface area contributed by atoms with E-state index >= 15 is 0 Å². The van der Waals surface area contributed by atoms with Gasteiger partial charge in [-0.2, -0.15) is 0 Å². The number of amides is 2. The number of aliphatic hydroxyl groups is 2. The first-order chi connectivity index (χ1) is 16.7. The van der Waals surface area contributed by atoms with E-state index in [1.807, 2.05) is 48.5 Å². The number of hydrogen-bond acceptors (Lipinski definition) is 4. The normalized spacial score (nSPS) is 11.6. The van der Waals surface area contributed by atoms with E-state index in [1.54, 1.807) is 0 Å². The molecule has 0 saturated heterocycles. The molecular weight excluding hydrogens is 428 g/mol. The molecule has 0 heterocycles. The standard InChI is InChI=1S/C28H26N2O4/c31-15-3-13-29-27(33)23-11-10-22-18-6-2-8-20-24(28(34)30-14-4-16-32)12-9-21(26(18)20)17-5-1-7-19(23)25(17)22/h1-2,5-12,31-32H,3-4,13-16H2,(H,29,33)(H,30,34). The SMILES string of the molecule is O=C(NCCCO)c1ccc2c3cccc4c(C(=O)NCCCO)ccc(c5cccc1c52)c43. The van der Waals surface area contributed by atoms with Crippen LogP contribution in [0.4, 0.5) is 0 Å².